The number of benzene rings is 1. The molecule has 0 heterocycles. The van der Waals surface area contributed by atoms with Crippen molar-refractivity contribution in [2.45, 2.75) is 6.92 Å². The molecule has 0 amide bonds. The fraction of sp³-hybridized carbons (Fsp3) is 0.571. The SMILES string of the molecule is CCO[Si](OCCOC)(OCCOC)c1ccccc1. The Balaban J connectivity index is 2.86. The van der Waals surface area contributed by atoms with E-state index in [0.29, 0.717) is 33.0 Å². The predicted octanol–water partition coefficient (Wildman–Crippen LogP) is 1.19. The molecular formula is C14H24O5Si. The monoisotopic (exact) mass is 300 g/mol. The van der Waals surface area contributed by atoms with Crippen molar-refractivity contribution >= 4 is 14.0 Å². The molecule has 1 aromatic carbocycles. The molecule has 0 radical (unpaired) electrons. The van der Waals surface area contributed by atoms with Gasteiger partial charge in [-0.25, -0.2) is 0 Å². The first-order chi connectivity index (χ1) is 9.79. The van der Waals surface area contributed by atoms with Gasteiger partial charge in [0.05, 0.1) is 26.4 Å². The molecular weight excluding hydrogens is 276 g/mol. The van der Waals surface area contributed by atoms with Crippen molar-refractivity contribution in [3.63, 3.8) is 0 Å². The lowest BCUT2D eigenvalue weighted by atomic mass is 10.4. The summed E-state index contributed by atoms with van der Waals surface area (Å²) in [6, 6.07) is 9.81. The number of methoxy groups -OCH3 is 2. The van der Waals surface area contributed by atoms with E-state index in [9.17, 15) is 0 Å². The van der Waals surface area contributed by atoms with Crippen molar-refractivity contribution in [2.75, 3.05) is 47.3 Å². The third kappa shape index (κ3) is 5.32. The Kier molecular flexibility index (Phi) is 8.67. The molecule has 0 unspecified atom stereocenters. The number of ether oxygens (including phenoxy) is 2. The normalized spacial score (nSPS) is 11.8. The minimum absolute atomic E-state index is 0.435. The standard InChI is InChI=1S/C14H24O5Si/c1-4-17-20(18-12-10-15-2,19-13-11-16-3)14-8-6-5-7-9-14/h5-9H,4,10-13H2,1-3H3. The molecule has 0 saturated heterocycles. The van der Waals surface area contributed by atoms with Gasteiger partial charge in [-0.2, -0.15) is 0 Å². The van der Waals surface area contributed by atoms with E-state index in [0.717, 1.165) is 5.19 Å². The fourth-order valence-corrected chi connectivity index (χ4v) is 4.16. The summed E-state index contributed by atoms with van der Waals surface area (Å²) in [7, 11) is 0.375. The summed E-state index contributed by atoms with van der Waals surface area (Å²) in [5, 5.41) is 0.953. The van der Waals surface area contributed by atoms with E-state index in [4.69, 9.17) is 22.8 Å². The molecule has 5 nitrogen and oxygen atoms in total. The molecule has 0 atom stereocenters. The van der Waals surface area contributed by atoms with Crippen LogP contribution in [0, 0.1) is 0 Å². The van der Waals surface area contributed by atoms with Crippen LogP contribution in [0.5, 0.6) is 0 Å². The first-order valence-electron chi connectivity index (χ1n) is 6.74. The van der Waals surface area contributed by atoms with E-state index in [2.05, 4.69) is 0 Å². The van der Waals surface area contributed by atoms with Gasteiger partial charge in [0.1, 0.15) is 0 Å². The molecule has 0 fully saturated rings. The Morgan fingerprint density at radius 1 is 0.800 bits per heavy atom. The Labute approximate surface area is 122 Å². The second-order valence-electron chi connectivity index (χ2n) is 4.04. The maximum Gasteiger partial charge on any atom is 0.537 e. The van der Waals surface area contributed by atoms with Gasteiger partial charge in [0.25, 0.3) is 0 Å². The van der Waals surface area contributed by atoms with Crippen LogP contribution in [0.25, 0.3) is 0 Å². The van der Waals surface area contributed by atoms with Gasteiger partial charge in [0.15, 0.2) is 0 Å². The van der Waals surface area contributed by atoms with E-state index in [1.807, 2.05) is 37.3 Å². The van der Waals surface area contributed by atoms with Crippen LogP contribution >= 0.6 is 0 Å². The first-order valence-corrected chi connectivity index (χ1v) is 8.46. The molecule has 0 bridgehead atoms. The van der Waals surface area contributed by atoms with Gasteiger partial charge in [-0.1, -0.05) is 30.3 Å². The summed E-state index contributed by atoms with van der Waals surface area (Å²) >= 11 is 0. The summed E-state index contributed by atoms with van der Waals surface area (Å²) in [5.41, 5.74) is 0. The molecule has 0 saturated carbocycles. The van der Waals surface area contributed by atoms with Crippen LogP contribution < -0.4 is 5.19 Å². The third-order valence-corrected chi connectivity index (χ3v) is 5.50. The second-order valence-corrected chi connectivity index (χ2v) is 6.59. The van der Waals surface area contributed by atoms with Crippen LogP contribution in [-0.2, 0) is 22.8 Å². The highest BCUT2D eigenvalue weighted by Crippen LogP contribution is 2.11. The van der Waals surface area contributed by atoms with Gasteiger partial charge in [0.2, 0.25) is 0 Å². The summed E-state index contributed by atoms with van der Waals surface area (Å²) in [5.74, 6) is 0. The number of rotatable bonds is 11. The summed E-state index contributed by atoms with van der Waals surface area (Å²) in [6.45, 7) is 4.34. The van der Waals surface area contributed by atoms with Crippen molar-refractivity contribution < 1.29 is 22.8 Å². The van der Waals surface area contributed by atoms with Crippen LogP contribution in [0.1, 0.15) is 6.92 Å². The van der Waals surface area contributed by atoms with Crippen molar-refractivity contribution in [1.82, 2.24) is 0 Å². The van der Waals surface area contributed by atoms with Crippen LogP contribution in [0.2, 0.25) is 0 Å². The highest BCUT2D eigenvalue weighted by molar-refractivity contribution is 6.75. The van der Waals surface area contributed by atoms with E-state index < -0.39 is 8.80 Å². The fourth-order valence-electron chi connectivity index (χ4n) is 1.73. The quantitative estimate of drug-likeness (QED) is 0.454. The first kappa shape index (κ1) is 17.3. The lowest BCUT2D eigenvalue weighted by Crippen LogP contribution is -2.57. The average molecular weight is 300 g/mol. The van der Waals surface area contributed by atoms with Crippen LogP contribution in [0.3, 0.4) is 0 Å². The number of hydrogen-bond donors (Lipinski definition) is 0. The lowest BCUT2D eigenvalue weighted by Gasteiger charge is -2.29. The molecule has 0 spiro atoms. The molecule has 114 valence electrons. The van der Waals surface area contributed by atoms with E-state index in [-0.39, 0.29) is 0 Å². The summed E-state index contributed by atoms with van der Waals surface area (Å²) in [4.78, 5) is 0. The van der Waals surface area contributed by atoms with Crippen molar-refractivity contribution in [2.24, 2.45) is 0 Å². The highest BCUT2D eigenvalue weighted by Gasteiger charge is 2.43. The maximum absolute atomic E-state index is 5.96. The third-order valence-electron chi connectivity index (χ3n) is 2.62. The maximum atomic E-state index is 5.96. The van der Waals surface area contributed by atoms with E-state index in [1.54, 1.807) is 14.2 Å². The Bertz CT molecular complexity index is 337. The van der Waals surface area contributed by atoms with Crippen molar-refractivity contribution in [3.05, 3.63) is 30.3 Å². The topological polar surface area (TPSA) is 46.2 Å². The zero-order valence-electron chi connectivity index (χ0n) is 12.5. The molecule has 0 aliphatic carbocycles. The van der Waals surface area contributed by atoms with E-state index in [1.165, 1.54) is 0 Å². The molecule has 0 aliphatic rings. The zero-order valence-corrected chi connectivity index (χ0v) is 13.5. The molecule has 1 aromatic rings. The van der Waals surface area contributed by atoms with Crippen LogP contribution in [-0.4, -0.2) is 56.1 Å². The van der Waals surface area contributed by atoms with Crippen molar-refractivity contribution in [1.29, 1.82) is 0 Å². The Morgan fingerprint density at radius 2 is 1.35 bits per heavy atom. The van der Waals surface area contributed by atoms with Crippen molar-refractivity contribution in [3.8, 4) is 0 Å². The highest BCUT2D eigenvalue weighted by atomic mass is 28.4. The summed E-state index contributed by atoms with van der Waals surface area (Å²) < 4.78 is 27.9. The minimum atomic E-state index is -2.91. The molecule has 1 rings (SSSR count). The smallest absolute Gasteiger partial charge is 0.382 e. The zero-order chi connectivity index (χ0) is 14.7. The van der Waals surface area contributed by atoms with Crippen LogP contribution in [0.4, 0.5) is 0 Å². The van der Waals surface area contributed by atoms with Crippen LogP contribution in [0.15, 0.2) is 30.3 Å². The summed E-state index contributed by atoms with van der Waals surface area (Å²) in [6.07, 6.45) is 0. The largest absolute Gasteiger partial charge is 0.537 e. The minimum Gasteiger partial charge on any atom is -0.382 e. The molecule has 0 aromatic heterocycles. The average Bonchev–Trinajstić information content (AvgIpc) is 2.48. The van der Waals surface area contributed by atoms with Gasteiger partial charge in [-0.15, -0.1) is 0 Å². The van der Waals surface area contributed by atoms with Gasteiger partial charge >= 0.3 is 8.80 Å². The Morgan fingerprint density at radius 3 is 1.80 bits per heavy atom. The molecule has 0 aliphatic heterocycles. The van der Waals surface area contributed by atoms with Gasteiger partial charge in [-0.3, -0.25) is 0 Å². The molecule has 6 heteroatoms. The van der Waals surface area contributed by atoms with Gasteiger partial charge < -0.3 is 22.8 Å². The number of hydrogen-bond acceptors (Lipinski definition) is 5. The second kappa shape index (κ2) is 10.0. The predicted molar refractivity (Wildman–Crippen MR) is 79.1 cm³/mol. The molecule has 0 N–H and O–H groups in total. The Hall–Kier alpha value is -0.763. The van der Waals surface area contributed by atoms with Gasteiger partial charge in [-0.05, 0) is 6.92 Å². The molecule has 20 heavy (non-hydrogen) atoms. The van der Waals surface area contributed by atoms with Gasteiger partial charge in [0, 0.05) is 26.0 Å². The lowest BCUT2D eigenvalue weighted by molar-refractivity contribution is 0.0382. The van der Waals surface area contributed by atoms with E-state index >= 15 is 0 Å².